The molecule has 37 heavy (non-hydrogen) atoms. The van der Waals surface area contributed by atoms with Crippen LogP contribution < -0.4 is 15.0 Å². The van der Waals surface area contributed by atoms with Gasteiger partial charge in [-0.1, -0.05) is 12.1 Å². The van der Waals surface area contributed by atoms with E-state index in [1.165, 1.54) is 0 Å². The molecule has 5 rings (SSSR count). The van der Waals surface area contributed by atoms with Crippen molar-refractivity contribution >= 4 is 33.6 Å². The summed E-state index contributed by atoms with van der Waals surface area (Å²) in [6.07, 6.45) is 3.72. The summed E-state index contributed by atoms with van der Waals surface area (Å²) in [5.74, 6) is 1.39. The smallest absolute Gasteiger partial charge is 0.319 e. The molecule has 1 aliphatic rings. The maximum absolute atomic E-state index is 11.7. The van der Waals surface area contributed by atoms with Crippen molar-refractivity contribution in [3.05, 3.63) is 54.9 Å². The van der Waals surface area contributed by atoms with Crippen molar-refractivity contribution in [3.63, 3.8) is 0 Å². The van der Waals surface area contributed by atoms with Gasteiger partial charge in [0, 0.05) is 37.7 Å². The standard InChI is InChI=1S/C28H33N5O4/c1-3-36-27(34)18-29-21-11-13-32(14-12-21)25-6-4-5-20-7-10-26(31-28(20)25)33-19-30-23-17-22(8-9-24(23)33)37-16-15-35-2/h4-10,17,19,21,29H,3,11-16,18H2,1-2H3. The Labute approximate surface area is 216 Å². The van der Waals surface area contributed by atoms with Gasteiger partial charge in [-0.2, -0.15) is 0 Å². The number of ether oxygens (including phenoxy) is 3. The minimum atomic E-state index is -0.197. The number of carbonyl (C=O) groups excluding carboxylic acids is 1. The molecule has 0 saturated carbocycles. The number of hydrogen-bond donors (Lipinski definition) is 1. The van der Waals surface area contributed by atoms with Crippen LogP contribution in [-0.4, -0.2) is 73.1 Å². The summed E-state index contributed by atoms with van der Waals surface area (Å²) < 4.78 is 17.8. The summed E-state index contributed by atoms with van der Waals surface area (Å²) in [7, 11) is 1.66. The number of imidazole rings is 1. The van der Waals surface area contributed by atoms with Crippen LogP contribution in [0, 0.1) is 0 Å². The van der Waals surface area contributed by atoms with Gasteiger partial charge in [-0.15, -0.1) is 0 Å². The van der Waals surface area contributed by atoms with Crippen molar-refractivity contribution < 1.29 is 19.0 Å². The molecule has 1 aliphatic heterocycles. The molecule has 0 radical (unpaired) electrons. The van der Waals surface area contributed by atoms with Crippen molar-refractivity contribution in [2.75, 3.05) is 51.5 Å². The number of rotatable bonds is 10. The minimum Gasteiger partial charge on any atom is -0.491 e. The molecular formula is C28H33N5O4. The Kier molecular flexibility index (Phi) is 7.82. The topological polar surface area (TPSA) is 90.7 Å². The number of benzene rings is 2. The summed E-state index contributed by atoms with van der Waals surface area (Å²) in [5, 5.41) is 4.43. The van der Waals surface area contributed by atoms with E-state index in [2.05, 4.69) is 39.5 Å². The third-order valence-electron chi connectivity index (χ3n) is 6.68. The van der Waals surface area contributed by atoms with Crippen molar-refractivity contribution in [2.45, 2.75) is 25.8 Å². The summed E-state index contributed by atoms with van der Waals surface area (Å²) in [6.45, 7) is 5.32. The van der Waals surface area contributed by atoms with E-state index in [4.69, 9.17) is 19.2 Å². The molecule has 4 aromatic rings. The monoisotopic (exact) mass is 503 g/mol. The molecule has 2 aromatic carbocycles. The van der Waals surface area contributed by atoms with Crippen molar-refractivity contribution in [1.29, 1.82) is 0 Å². The lowest BCUT2D eigenvalue weighted by molar-refractivity contribution is -0.142. The first-order valence-electron chi connectivity index (χ1n) is 12.8. The molecule has 0 bridgehead atoms. The number of aromatic nitrogens is 3. The zero-order valence-electron chi connectivity index (χ0n) is 21.4. The van der Waals surface area contributed by atoms with E-state index < -0.39 is 0 Å². The molecule has 1 saturated heterocycles. The van der Waals surface area contributed by atoms with Crippen LogP contribution in [0.1, 0.15) is 19.8 Å². The maximum Gasteiger partial charge on any atom is 0.319 e. The summed E-state index contributed by atoms with van der Waals surface area (Å²) in [6, 6.07) is 16.7. The van der Waals surface area contributed by atoms with Crippen LogP contribution in [0.15, 0.2) is 54.9 Å². The number of methoxy groups -OCH3 is 1. The van der Waals surface area contributed by atoms with Gasteiger partial charge < -0.3 is 24.4 Å². The largest absolute Gasteiger partial charge is 0.491 e. The Hall–Kier alpha value is -3.69. The molecule has 9 nitrogen and oxygen atoms in total. The molecule has 0 unspecified atom stereocenters. The van der Waals surface area contributed by atoms with Crippen LogP contribution in [0.25, 0.3) is 27.8 Å². The zero-order chi connectivity index (χ0) is 25.6. The summed E-state index contributed by atoms with van der Waals surface area (Å²) >= 11 is 0. The van der Waals surface area contributed by atoms with Gasteiger partial charge in [0.25, 0.3) is 0 Å². The van der Waals surface area contributed by atoms with Crippen LogP contribution in [0.5, 0.6) is 5.75 Å². The second-order valence-electron chi connectivity index (χ2n) is 9.07. The zero-order valence-corrected chi connectivity index (χ0v) is 21.4. The van der Waals surface area contributed by atoms with Gasteiger partial charge in [0.05, 0.1) is 42.0 Å². The minimum absolute atomic E-state index is 0.197. The van der Waals surface area contributed by atoms with E-state index in [0.29, 0.717) is 25.9 Å². The number of nitrogens with one attached hydrogen (secondary N) is 1. The normalized spacial score (nSPS) is 14.4. The third kappa shape index (κ3) is 5.68. The first-order chi connectivity index (χ1) is 18.2. The maximum atomic E-state index is 11.7. The Balaban J connectivity index is 1.34. The lowest BCUT2D eigenvalue weighted by Crippen LogP contribution is -2.44. The van der Waals surface area contributed by atoms with Crippen LogP contribution in [0.3, 0.4) is 0 Å². The highest BCUT2D eigenvalue weighted by Crippen LogP contribution is 2.30. The molecule has 3 heterocycles. The number of nitrogens with zero attached hydrogens (tertiary/aromatic N) is 4. The Morgan fingerprint density at radius 3 is 2.78 bits per heavy atom. The highest BCUT2D eigenvalue weighted by Gasteiger charge is 2.22. The molecule has 194 valence electrons. The van der Waals surface area contributed by atoms with Crippen molar-refractivity contribution in [1.82, 2.24) is 19.9 Å². The molecule has 0 spiro atoms. The molecule has 9 heteroatoms. The fraction of sp³-hybridized carbons (Fsp3) is 0.393. The van der Waals surface area contributed by atoms with Gasteiger partial charge in [0.1, 0.15) is 24.5 Å². The number of esters is 1. The van der Waals surface area contributed by atoms with Gasteiger partial charge in [-0.25, -0.2) is 9.97 Å². The van der Waals surface area contributed by atoms with E-state index in [0.717, 1.165) is 65.1 Å². The average molecular weight is 504 g/mol. The fourth-order valence-corrected chi connectivity index (χ4v) is 4.78. The Morgan fingerprint density at radius 1 is 1.11 bits per heavy atom. The number of piperidine rings is 1. The average Bonchev–Trinajstić information content (AvgIpc) is 3.35. The number of pyridine rings is 1. The number of para-hydroxylation sites is 1. The fourth-order valence-electron chi connectivity index (χ4n) is 4.78. The first-order valence-corrected chi connectivity index (χ1v) is 12.8. The van der Waals surface area contributed by atoms with E-state index in [1.54, 1.807) is 13.4 Å². The van der Waals surface area contributed by atoms with Gasteiger partial charge in [-0.3, -0.25) is 9.36 Å². The second kappa shape index (κ2) is 11.6. The molecule has 2 aromatic heterocycles. The highest BCUT2D eigenvalue weighted by molar-refractivity contribution is 5.92. The van der Waals surface area contributed by atoms with Gasteiger partial charge in [0.2, 0.25) is 0 Å². The summed E-state index contributed by atoms with van der Waals surface area (Å²) in [4.78, 5) is 23.7. The third-order valence-corrected chi connectivity index (χ3v) is 6.68. The van der Waals surface area contributed by atoms with Gasteiger partial charge >= 0.3 is 5.97 Å². The van der Waals surface area contributed by atoms with E-state index >= 15 is 0 Å². The van der Waals surface area contributed by atoms with Crippen LogP contribution in [0.4, 0.5) is 5.69 Å². The first kappa shape index (κ1) is 25.0. The van der Waals surface area contributed by atoms with E-state index in [9.17, 15) is 4.79 Å². The number of hydrogen-bond acceptors (Lipinski definition) is 8. The molecule has 1 fully saturated rings. The lowest BCUT2D eigenvalue weighted by atomic mass is 10.0. The van der Waals surface area contributed by atoms with Gasteiger partial charge in [-0.05, 0) is 50.1 Å². The quantitative estimate of drug-likeness (QED) is 0.259. The Bertz CT molecular complexity index is 1360. The lowest BCUT2D eigenvalue weighted by Gasteiger charge is -2.34. The SMILES string of the molecule is CCOC(=O)CNC1CCN(c2cccc3ccc(-n4cnc5cc(OCCOC)ccc54)nc23)CC1. The molecular weight excluding hydrogens is 470 g/mol. The predicted octanol–water partition coefficient (Wildman–Crippen LogP) is 3.72. The second-order valence-corrected chi connectivity index (χ2v) is 9.07. The summed E-state index contributed by atoms with van der Waals surface area (Å²) in [5.41, 5.74) is 3.92. The highest BCUT2D eigenvalue weighted by atomic mass is 16.5. The van der Waals surface area contributed by atoms with Crippen LogP contribution in [0.2, 0.25) is 0 Å². The molecule has 1 N–H and O–H groups in total. The van der Waals surface area contributed by atoms with Crippen LogP contribution in [-0.2, 0) is 14.3 Å². The van der Waals surface area contributed by atoms with E-state index in [1.807, 2.05) is 35.8 Å². The molecule has 0 atom stereocenters. The number of fused-ring (bicyclic) bond motifs is 2. The number of anilines is 1. The molecule has 0 amide bonds. The van der Waals surface area contributed by atoms with Crippen molar-refractivity contribution in [3.8, 4) is 11.6 Å². The molecule has 0 aliphatic carbocycles. The van der Waals surface area contributed by atoms with Gasteiger partial charge in [0.15, 0.2) is 0 Å². The Morgan fingerprint density at radius 2 is 1.97 bits per heavy atom. The van der Waals surface area contributed by atoms with Crippen molar-refractivity contribution in [2.24, 2.45) is 0 Å². The number of carbonyl (C=O) groups is 1. The van der Waals surface area contributed by atoms with E-state index in [-0.39, 0.29) is 12.5 Å². The predicted molar refractivity (Wildman–Crippen MR) is 144 cm³/mol. The van der Waals surface area contributed by atoms with Crippen LogP contribution >= 0.6 is 0 Å².